The Hall–Kier alpha value is -1.88. The number of ether oxygens (including phenoxy) is 1. The number of aliphatic hydroxyl groups is 1. The molecule has 1 atom stereocenters. The van der Waals surface area contributed by atoms with Gasteiger partial charge in [-0.2, -0.15) is 0 Å². The van der Waals surface area contributed by atoms with Crippen LogP contribution in [0.5, 0.6) is 0 Å². The van der Waals surface area contributed by atoms with Crippen molar-refractivity contribution in [1.82, 2.24) is 0 Å². The fraction of sp³-hybridized carbons (Fsp3) is 0.467. The van der Waals surface area contributed by atoms with Crippen LogP contribution in [0.15, 0.2) is 30.3 Å². The van der Waals surface area contributed by atoms with Gasteiger partial charge in [0.05, 0.1) is 0 Å². The molecule has 2 rings (SSSR count). The molecule has 2 N–H and O–H groups in total. The van der Waals surface area contributed by atoms with Crippen molar-refractivity contribution in [2.45, 2.75) is 31.3 Å². The first kappa shape index (κ1) is 14.5. The highest BCUT2D eigenvalue weighted by atomic mass is 16.6. The molecule has 108 valence electrons. The zero-order chi connectivity index (χ0) is 14.6. The lowest BCUT2D eigenvalue weighted by molar-refractivity contribution is -0.177. The van der Waals surface area contributed by atoms with Crippen LogP contribution < -0.4 is 0 Å². The first-order chi connectivity index (χ1) is 9.55. The summed E-state index contributed by atoms with van der Waals surface area (Å²) >= 11 is 0. The molecule has 1 aliphatic carbocycles. The predicted molar refractivity (Wildman–Crippen MR) is 70.9 cm³/mol. The Morgan fingerprint density at radius 1 is 1.20 bits per heavy atom. The second-order valence-electron chi connectivity index (χ2n) is 5.08. The van der Waals surface area contributed by atoms with E-state index in [2.05, 4.69) is 0 Å². The van der Waals surface area contributed by atoms with Crippen LogP contribution in [0.4, 0.5) is 0 Å². The van der Waals surface area contributed by atoms with E-state index < -0.39 is 24.1 Å². The first-order valence-corrected chi connectivity index (χ1v) is 6.72. The molecule has 1 aromatic carbocycles. The number of aliphatic carboxylic acids is 1. The molecule has 5 heteroatoms. The van der Waals surface area contributed by atoms with Gasteiger partial charge in [0.25, 0.3) is 0 Å². The lowest BCUT2D eigenvalue weighted by atomic mass is 9.80. The number of carbonyl (C=O) groups excluding carboxylic acids is 1. The maximum absolute atomic E-state index is 12.2. The van der Waals surface area contributed by atoms with E-state index in [1.165, 1.54) is 0 Å². The van der Waals surface area contributed by atoms with Gasteiger partial charge in [-0.25, -0.2) is 9.59 Å². The number of benzene rings is 1. The summed E-state index contributed by atoms with van der Waals surface area (Å²) in [4.78, 5) is 22.8. The Bertz CT molecular complexity index is 478. The highest BCUT2D eigenvalue weighted by molar-refractivity contribution is 5.83. The molecule has 1 unspecified atom stereocenters. The van der Waals surface area contributed by atoms with Gasteiger partial charge in [-0.15, -0.1) is 0 Å². The second kappa shape index (κ2) is 6.05. The van der Waals surface area contributed by atoms with E-state index >= 15 is 0 Å². The molecule has 20 heavy (non-hydrogen) atoms. The average molecular weight is 278 g/mol. The summed E-state index contributed by atoms with van der Waals surface area (Å²) in [5, 5.41) is 19.5. The van der Waals surface area contributed by atoms with E-state index in [1.54, 1.807) is 30.3 Å². The molecule has 0 spiro atoms. The van der Waals surface area contributed by atoms with E-state index in [-0.39, 0.29) is 5.92 Å². The van der Waals surface area contributed by atoms with Crippen LogP contribution in [0, 0.1) is 5.92 Å². The van der Waals surface area contributed by atoms with Crippen molar-refractivity contribution in [1.29, 1.82) is 0 Å². The van der Waals surface area contributed by atoms with E-state index in [4.69, 9.17) is 9.84 Å². The molecule has 0 bridgehead atoms. The Balaban J connectivity index is 2.28. The summed E-state index contributed by atoms with van der Waals surface area (Å²) < 4.78 is 4.75. The molecule has 0 amide bonds. The lowest BCUT2D eigenvalue weighted by Crippen LogP contribution is -2.44. The molecular weight excluding hydrogens is 260 g/mol. The summed E-state index contributed by atoms with van der Waals surface area (Å²) in [5.74, 6) is -2.34. The Morgan fingerprint density at radius 2 is 1.80 bits per heavy atom. The fourth-order valence-electron chi connectivity index (χ4n) is 2.79. The summed E-state index contributed by atoms with van der Waals surface area (Å²) in [5.41, 5.74) is -1.30. The van der Waals surface area contributed by atoms with E-state index in [9.17, 15) is 14.7 Å². The fourth-order valence-corrected chi connectivity index (χ4v) is 2.79. The van der Waals surface area contributed by atoms with Gasteiger partial charge in [0.2, 0.25) is 0 Å². The molecule has 5 nitrogen and oxygen atoms in total. The summed E-state index contributed by atoms with van der Waals surface area (Å²) in [6.45, 7) is -0.735. The highest BCUT2D eigenvalue weighted by Crippen LogP contribution is 2.41. The standard InChI is InChI=1S/C15H18O5/c16-13(17)10-20-14(18)15(19,12-8-4-5-9-12)11-6-2-1-3-7-11/h1-3,6-7,12,19H,4-5,8-10H2,(H,16,17). The highest BCUT2D eigenvalue weighted by Gasteiger charge is 2.47. The van der Waals surface area contributed by atoms with Crippen LogP contribution in [0.3, 0.4) is 0 Å². The number of carboxylic acids is 1. The number of esters is 1. The predicted octanol–water partition coefficient (Wildman–Crippen LogP) is 1.69. The van der Waals surface area contributed by atoms with Crippen LogP contribution in [0.2, 0.25) is 0 Å². The largest absolute Gasteiger partial charge is 0.479 e. The summed E-state index contributed by atoms with van der Waals surface area (Å²) in [7, 11) is 0. The molecular formula is C15H18O5. The third-order valence-electron chi connectivity index (χ3n) is 3.80. The summed E-state index contributed by atoms with van der Waals surface area (Å²) in [6.07, 6.45) is 3.36. The maximum Gasteiger partial charge on any atom is 0.343 e. The minimum absolute atomic E-state index is 0.230. The zero-order valence-corrected chi connectivity index (χ0v) is 11.1. The molecule has 0 heterocycles. The van der Waals surface area contributed by atoms with Crippen LogP contribution in [-0.2, 0) is 19.9 Å². The van der Waals surface area contributed by atoms with Gasteiger partial charge in [-0.05, 0) is 18.4 Å². The van der Waals surface area contributed by atoms with Crippen molar-refractivity contribution in [3.05, 3.63) is 35.9 Å². The topological polar surface area (TPSA) is 83.8 Å². The number of carbonyl (C=O) groups is 2. The Labute approximate surface area is 117 Å². The minimum Gasteiger partial charge on any atom is -0.479 e. The smallest absolute Gasteiger partial charge is 0.343 e. The number of hydrogen-bond donors (Lipinski definition) is 2. The van der Waals surface area contributed by atoms with Gasteiger partial charge >= 0.3 is 11.9 Å². The molecule has 0 aromatic heterocycles. The molecule has 1 aliphatic rings. The normalized spacial score (nSPS) is 18.4. The Morgan fingerprint density at radius 3 is 2.35 bits per heavy atom. The van der Waals surface area contributed by atoms with Crippen molar-refractivity contribution in [2.24, 2.45) is 5.92 Å². The van der Waals surface area contributed by atoms with Crippen LogP contribution in [0.25, 0.3) is 0 Å². The number of hydrogen-bond acceptors (Lipinski definition) is 4. The third kappa shape index (κ3) is 2.82. The third-order valence-corrected chi connectivity index (χ3v) is 3.80. The van der Waals surface area contributed by atoms with Crippen LogP contribution >= 0.6 is 0 Å². The molecule has 1 fully saturated rings. The van der Waals surface area contributed by atoms with E-state index in [0.29, 0.717) is 5.56 Å². The average Bonchev–Trinajstić information content (AvgIpc) is 2.99. The molecule has 1 saturated carbocycles. The number of carboxylic acid groups (broad SMARTS) is 1. The monoisotopic (exact) mass is 278 g/mol. The van der Waals surface area contributed by atoms with Crippen molar-refractivity contribution < 1.29 is 24.5 Å². The van der Waals surface area contributed by atoms with Crippen molar-refractivity contribution in [3.8, 4) is 0 Å². The first-order valence-electron chi connectivity index (χ1n) is 6.72. The zero-order valence-electron chi connectivity index (χ0n) is 11.1. The number of rotatable bonds is 5. The quantitative estimate of drug-likeness (QED) is 0.801. The lowest BCUT2D eigenvalue weighted by Gasteiger charge is -2.31. The van der Waals surface area contributed by atoms with Gasteiger partial charge in [0, 0.05) is 5.92 Å². The van der Waals surface area contributed by atoms with Gasteiger partial charge in [0.15, 0.2) is 12.2 Å². The summed E-state index contributed by atoms with van der Waals surface area (Å²) in [6, 6.07) is 8.60. The van der Waals surface area contributed by atoms with E-state index in [0.717, 1.165) is 25.7 Å². The molecule has 0 aliphatic heterocycles. The SMILES string of the molecule is O=C(O)COC(=O)C(O)(c1ccccc1)C1CCCC1. The van der Waals surface area contributed by atoms with Crippen molar-refractivity contribution in [2.75, 3.05) is 6.61 Å². The molecule has 1 aromatic rings. The van der Waals surface area contributed by atoms with Crippen LogP contribution in [0.1, 0.15) is 31.2 Å². The molecule has 0 saturated heterocycles. The van der Waals surface area contributed by atoms with Gasteiger partial charge in [0.1, 0.15) is 0 Å². The Kier molecular flexibility index (Phi) is 4.39. The second-order valence-corrected chi connectivity index (χ2v) is 5.08. The molecule has 0 radical (unpaired) electrons. The van der Waals surface area contributed by atoms with Gasteiger partial charge in [-0.3, -0.25) is 0 Å². The van der Waals surface area contributed by atoms with E-state index in [1.807, 2.05) is 0 Å². The van der Waals surface area contributed by atoms with Crippen LogP contribution in [-0.4, -0.2) is 28.8 Å². The van der Waals surface area contributed by atoms with Crippen molar-refractivity contribution in [3.63, 3.8) is 0 Å². The maximum atomic E-state index is 12.2. The van der Waals surface area contributed by atoms with Gasteiger partial charge in [-0.1, -0.05) is 43.2 Å². The van der Waals surface area contributed by atoms with Gasteiger partial charge < -0.3 is 14.9 Å². The van der Waals surface area contributed by atoms with Crippen molar-refractivity contribution >= 4 is 11.9 Å². The minimum atomic E-state index is -1.76.